The van der Waals surface area contributed by atoms with Gasteiger partial charge in [0.1, 0.15) is 0 Å². The molecule has 2 aromatic rings. The molecular formula is C20H19N5O4. The quantitative estimate of drug-likeness (QED) is 0.448. The Hall–Kier alpha value is -3.62. The molecule has 0 bridgehead atoms. The maximum atomic E-state index is 12.9. The summed E-state index contributed by atoms with van der Waals surface area (Å²) in [6.07, 6.45) is 0.130. The van der Waals surface area contributed by atoms with E-state index in [1.54, 1.807) is 6.07 Å². The zero-order valence-electron chi connectivity index (χ0n) is 15.5. The van der Waals surface area contributed by atoms with Gasteiger partial charge in [-0.05, 0) is 23.8 Å². The van der Waals surface area contributed by atoms with Crippen LogP contribution in [0.1, 0.15) is 5.56 Å². The largest absolute Gasteiger partial charge is 0.368 e. The Morgan fingerprint density at radius 1 is 1.03 bits per heavy atom. The predicted molar refractivity (Wildman–Crippen MR) is 105 cm³/mol. The van der Waals surface area contributed by atoms with Gasteiger partial charge in [0.05, 0.1) is 11.0 Å². The third kappa shape index (κ3) is 2.47. The number of piperazine rings is 1. The summed E-state index contributed by atoms with van der Waals surface area (Å²) in [4.78, 5) is 40.9. The summed E-state index contributed by atoms with van der Waals surface area (Å²) in [5, 5.41) is 11.2. The number of nitrogens with zero attached hydrogens (tertiary/aromatic N) is 3. The van der Waals surface area contributed by atoms with Crippen LogP contribution in [0.25, 0.3) is 0 Å². The van der Waals surface area contributed by atoms with E-state index in [0.29, 0.717) is 18.7 Å². The number of nitro groups is 1. The van der Waals surface area contributed by atoms with Crippen molar-refractivity contribution in [3.8, 4) is 0 Å². The lowest BCUT2D eigenvalue weighted by Crippen LogP contribution is -2.66. The minimum atomic E-state index is -1.32. The molecule has 148 valence electrons. The Kier molecular flexibility index (Phi) is 3.73. The molecule has 3 aliphatic rings. The third-order valence-corrected chi connectivity index (χ3v) is 6.22. The number of non-ortho nitro benzene ring substituents is 1. The molecule has 29 heavy (non-hydrogen) atoms. The number of hydrazine groups is 1. The maximum Gasteiger partial charge on any atom is 0.269 e. The summed E-state index contributed by atoms with van der Waals surface area (Å²) in [6, 6.07) is 14.2. The number of amides is 2. The summed E-state index contributed by atoms with van der Waals surface area (Å²) in [7, 11) is 0. The van der Waals surface area contributed by atoms with Gasteiger partial charge in [0.15, 0.2) is 5.41 Å². The molecule has 2 saturated heterocycles. The fourth-order valence-electron chi connectivity index (χ4n) is 4.79. The van der Waals surface area contributed by atoms with E-state index in [1.807, 2.05) is 30.3 Å². The lowest BCUT2D eigenvalue weighted by Gasteiger charge is -2.52. The van der Waals surface area contributed by atoms with Gasteiger partial charge in [0.2, 0.25) is 0 Å². The van der Waals surface area contributed by atoms with Crippen molar-refractivity contribution in [1.82, 2.24) is 10.9 Å². The Morgan fingerprint density at radius 3 is 2.45 bits per heavy atom. The summed E-state index contributed by atoms with van der Waals surface area (Å²) >= 11 is 0. The van der Waals surface area contributed by atoms with Gasteiger partial charge >= 0.3 is 0 Å². The highest BCUT2D eigenvalue weighted by Gasteiger charge is 2.61. The minimum Gasteiger partial charge on any atom is -0.368 e. The molecule has 2 fully saturated rings. The van der Waals surface area contributed by atoms with E-state index >= 15 is 0 Å². The summed E-state index contributed by atoms with van der Waals surface area (Å²) in [5.74, 6) is -0.769. The third-order valence-electron chi connectivity index (χ3n) is 6.22. The Labute approximate surface area is 166 Å². The number of para-hydroxylation sites is 1. The van der Waals surface area contributed by atoms with Gasteiger partial charge in [0, 0.05) is 49.6 Å². The van der Waals surface area contributed by atoms with E-state index < -0.39 is 10.3 Å². The molecule has 5 rings (SSSR count). The van der Waals surface area contributed by atoms with Crippen LogP contribution in [0.2, 0.25) is 0 Å². The van der Waals surface area contributed by atoms with E-state index in [9.17, 15) is 19.7 Å². The number of hydrogen-bond donors (Lipinski definition) is 2. The van der Waals surface area contributed by atoms with Crippen molar-refractivity contribution >= 4 is 28.9 Å². The lowest BCUT2D eigenvalue weighted by molar-refractivity contribution is -0.384. The van der Waals surface area contributed by atoms with Gasteiger partial charge in [-0.3, -0.25) is 30.6 Å². The van der Waals surface area contributed by atoms with Crippen molar-refractivity contribution in [3.63, 3.8) is 0 Å². The number of nitro benzene ring substituents is 1. The van der Waals surface area contributed by atoms with Crippen molar-refractivity contribution < 1.29 is 14.5 Å². The standard InChI is InChI=1S/C20H19N5O4/c26-18-20(19(27)22-21-18)11-13-10-15(25(28)29)6-7-16(13)24-9-8-23(12-17(20)24)14-4-2-1-3-5-14/h1-7,10,17H,8-9,11-12H2,(H,21,26)(H,22,27). The van der Waals surface area contributed by atoms with Gasteiger partial charge in [0.25, 0.3) is 17.5 Å². The van der Waals surface area contributed by atoms with Crippen molar-refractivity contribution in [3.05, 3.63) is 64.2 Å². The van der Waals surface area contributed by atoms with Crippen molar-refractivity contribution in [2.45, 2.75) is 12.5 Å². The molecule has 2 amide bonds. The average molecular weight is 393 g/mol. The number of fused-ring (bicyclic) bond motifs is 4. The second-order valence-corrected chi connectivity index (χ2v) is 7.62. The second kappa shape index (κ2) is 6.20. The van der Waals surface area contributed by atoms with E-state index in [1.165, 1.54) is 12.1 Å². The first-order chi connectivity index (χ1) is 14.0. The van der Waals surface area contributed by atoms with Crippen molar-refractivity contribution in [1.29, 1.82) is 0 Å². The van der Waals surface area contributed by atoms with Crippen LogP contribution < -0.4 is 20.7 Å². The van der Waals surface area contributed by atoms with Gasteiger partial charge in [-0.25, -0.2) is 0 Å². The van der Waals surface area contributed by atoms with Crippen LogP contribution in [-0.4, -0.2) is 42.4 Å². The fourth-order valence-corrected chi connectivity index (χ4v) is 4.79. The zero-order valence-corrected chi connectivity index (χ0v) is 15.5. The summed E-state index contributed by atoms with van der Waals surface area (Å²) in [6.45, 7) is 1.82. The molecular weight excluding hydrogens is 374 g/mol. The number of carbonyl (C=O) groups is 2. The van der Waals surface area contributed by atoms with Gasteiger partial charge in [-0.1, -0.05) is 18.2 Å². The van der Waals surface area contributed by atoms with Gasteiger partial charge in [-0.2, -0.15) is 0 Å². The van der Waals surface area contributed by atoms with Crippen molar-refractivity contribution in [2.24, 2.45) is 5.41 Å². The normalized spacial score (nSPS) is 22.0. The topological polar surface area (TPSA) is 108 Å². The monoisotopic (exact) mass is 393 g/mol. The first-order valence-electron chi connectivity index (χ1n) is 9.45. The van der Waals surface area contributed by atoms with Crippen LogP contribution in [0.5, 0.6) is 0 Å². The predicted octanol–water partition coefficient (Wildman–Crippen LogP) is 0.993. The molecule has 0 saturated carbocycles. The lowest BCUT2D eigenvalue weighted by atomic mass is 9.69. The van der Waals surface area contributed by atoms with Crippen LogP contribution in [0.3, 0.4) is 0 Å². The molecule has 2 N–H and O–H groups in total. The number of rotatable bonds is 2. The number of nitrogens with one attached hydrogen (secondary N) is 2. The molecule has 9 nitrogen and oxygen atoms in total. The highest BCUT2D eigenvalue weighted by Crippen LogP contribution is 2.46. The van der Waals surface area contributed by atoms with Gasteiger partial charge in [-0.15, -0.1) is 0 Å². The molecule has 9 heteroatoms. The highest BCUT2D eigenvalue weighted by molar-refractivity contribution is 6.12. The van der Waals surface area contributed by atoms with Crippen molar-refractivity contribution in [2.75, 3.05) is 29.4 Å². The van der Waals surface area contributed by atoms with E-state index in [0.717, 1.165) is 17.9 Å². The van der Waals surface area contributed by atoms with E-state index in [-0.39, 0.29) is 30.0 Å². The molecule has 3 heterocycles. The van der Waals surface area contributed by atoms with E-state index in [4.69, 9.17) is 0 Å². The molecule has 1 atom stereocenters. The second-order valence-electron chi connectivity index (χ2n) is 7.62. The highest BCUT2D eigenvalue weighted by atomic mass is 16.6. The van der Waals surface area contributed by atoms with Crippen LogP contribution in [0, 0.1) is 15.5 Å². The SMILES string of the molecule is O=C1NNC(=O)C12Cc1cc([N+](=O)[O-])ccc1N1CCN(c3ccccc3)CC12. The number of hydrogen-bond acceptors (Lipinski definition) is 6. The van der Waals surface area contributed by atoms with Crippen LogP contribution in [-0.2, 0) is 16.0 Å². The van der Waals surface area contributed by atoms with Crippen LogP contribution in [0.15, 0.2) is 48.5 Å². The summed E-state index contributed by atoms with van der Waals surface area (Å²) in [5.41, 5.74) is 6.11. The summed E-state index contributed by atoms with van der Waals surface area (Å²) < 4.78 is 0. The Morgan fingerprint density at radius 2 is 1.76 bits per heavy atom. The van der Waals surface area contributed by atoms with Gasteiger partial charge < -0.3 is 9.80 Å². The maximum absolute atomic E-state index is 12.9. The molecule has 0 radical (unpaired) electrons. The van der Waals surface area contributed by atoms with Crippen LogP contribution >= 0.6 is 0 Å². The first kappa shape index (κ1) is 17.5. The number of benzene rings is 2. The van der Waals surface area contributed by atoms with E-state index in [2.05, 4.69) is 20.7 Å². The molecule has 0 aromatic heterocycles. The molecule has 3 aliphatic heterocycles. The smallest absolute Gasteiger partial charge is 0.269 e. The molecule has 0 aliphatic carbocycles. The zero-order chi connectivity index (χ0) is 20.2. The molecule has 1 unspecified atom stereocenters. The number of carbonyl (C=O) groups excluding carboxylic acids is 2. The first-order valence-corrected chi connectivity index (χ1v) is 9.45. The number of anilines is 2. The average Bonchev–Trinajstić information content (AvgIpc) is 3.02. The Bertz CT molecular complexity index is 1010. The Balaban J connectivity index is 1.61. The fraction of sp³-hybridized carbons (Fsp3) is 0.300. The minimum absolute atomic E-state index is 0.0425. The molecule has 1 spiro atoms. The molecule has 2 aromatic carbocycles. The van der Waals surface area contributed by atoms with Crippen LogP contribution in [0.4, 0.5) is 17.1 Å².